The number of nitrogens with one attached hydrogen (secondary N) is 1. The molecule has 0 radical (unpaired) electrons. The van der Waals surface area contributed by atoms with Gasteiger partial charge in [0.15, 0.2) is 5.84 Å². The summed E-state index contributed by atoms with van der Waals surface area (Å²) < 4.78 is 4.97. The van der Waals surface area contributed by atoms with Gasteiger partial charge in [0, 0.05) is 26.7 Å². The third-order valence-electron chi connectivity index (χ3n) is 2.85. The molecule has 7 heteroatoms. The lowest BCUT2D eigenvalue weighted by Crippen LogP contribution is -2.44. The normalized spacial score (nSPS) is 13.9. The van der Waals surface area contributed by atoms with Crippen LogP contribution in [0.3, 0.4) is 0 Å². The van der Waals surface area contributed by atoms with Crippen molar-refractivity contribution in [2.24, 2.45) is 22.7 Å². The van der Waals surface area contributed by atoms with E-state index >= 15 is 0 Å². The Hall–Kier alpha value is -1.34. The first kappa shape index (κ1) is 17.7. The summed E-state index contributed by atoms with van der Waals surface area (Å²) in [7, 11) is 3.61. The second kappa shape index (κ2) is 9.57. The van der Waals surface area contributed by atoms with E-state index in [9.17, 15) is 4.79 Å². The average molecular weight is 274 g/mol. The molecule has 0 aromatic heterocycles. The number of rotatable bonds is 9. The summed E-state index contributed by atoms with van der Waals surface area (Å²) in [6, 6.07) is 0. The average Bonchev–Trinajstić information content (AvgIpc) is 2.35. The minimum atomic E-state index is -0.603. The molecule has 0 aliphatic rings. The fraction of sp³-hybridized carbons (Fsp3) is 0.833. The molecular weight excluding hydrogens is 248 g/mol. The Morgan fingerprint density at radius 1 is 1.47 bits per heavy atom. The molecule has 7 nitrogen and oxygen atoms in total. The molecule has 0 aromatic carbocycles. The van der Waals surface area contributed by atoms with Gasteiger partial charge in [0.1, 0.15) is 5.92 Å². The summed E-state index contributed by atoms with van der Waals surface area (Å²) in [6.07, 6.45) is 0. The standard InChI is InChI=1S/C12H26N4O3/c1-9(2)10(11(13)15-18)12(17)14-5-6-16(3)7-8-19-4/h9-10,18H,5-8H2,1-4H3,(H2,13,15)(H,14,17). The number of nitrogens with zero attached hydrogens (tertiary/aromatic N) is 2. The van der Waals surface area contributed by atoms with Gasteiger partial charge in [0.2, 0.25) is 5.91 Å². The Labute approximate surface area is 114 Å². The molecule has 0 aromatic rings. The van der Waals surface area contributed by atoms with Crippen LogP contribution in [0.5, 0.6) is 0 Å². The Morgan fingerprint density at radius 2 is 2.11 bits per heavy atom. The van der Waals surface area contributed by atoms with Gasteiger partial charge in [-0.1, -0.05) is 19.0 Å². The van der Waals surface area contributed by atoms with E-state index in [-0.39, 0.29) is 17.7 Å². The number of carbonyl (C=O) groups is 1. The smallest absolute Gasteiger partial charge is 0.231 e. The van der Waals surface area contributed by atoms with Crippen LogP contribution in [0.15, 0.2) is 5.16 Å². The van der Waals surface area contributed by atoms with Crippen molar-refractivity contribution in [3.8, 4) is 0 Å². The first-order valence-corrected chi connectivity index (χ1v) is 6.36. The minimum Gasteiger partial charge on any atom is -0.409 e. The van der Waals surface area contributed by atoms with E-state index < -0.39 is 5.92 Å². The highest BCUT2D eigenvalue weighted by molar-refractivity contribution is 6.02. The lowest BCUT2D eigenvalue weighted by atomic mass is 9.94. The highest BCUT2D eigenvalue weighted by atomic mass is 16.5. The van der Waals surface area contributed by atoms with Gasteiger partial charge in [0.25, 0.3) is 0 Å². The van der Waals surface area contributed by atoms with Crippen LogP contribution >= 0.6 is 0 Å². The molecule has 0 aliphatic heterocycles. The first-order valence-electron chi connectivity index (χ1n) is 6.36. The maximum absolute atomic E-state index is 12.0. The number of amides is 1. The molecule has 0 fully saturated rings. The van der Waals surface area contributed by atoms with E-state index in [2.05, 4.69) is 15.4 Å². The summed E-state index contributed by atoms with van der Waals surface area (Å²) in [5, 5.41) is 14.4. The Kier molecular flexibility index (Phi) is 8.90. The number of methoxy groups -OCH3 is 1. The molecular formula is C12H26N4O3. The van der Waals surface area contributed by atoms with Crippen molar-refractivity contribution >= 4 is 11.7 Å². The summed E-state index contributed by atoms with van der Waals surface area (Å²) in [6.45, 7) is 6.40. The third-order valence-corrected chi connectivity index (χ3v) is 2.85. The van der Waals surface area contributed by atoms with Crippen LogP contribution in [0.4, 0.5) is 0 Å². The van der Waals surface area contributed by atoms with Crippen LogP contribution in [0.25, 0.3) is 0 Å². The number of carbonyl (C=O) groups excluding carboxylic acids is 1. The SMILES string of the molecule is COCCN(C)CCNC(=O)C(C(N)=NO)C(C)C. The monoisotopic (exact) mass is 274 g/mol. The van der Waals surface area contributed by atoms with Crippen LogP contribution in [0, 0.1) is 11.8 Å². The van der Waals surface area contributed by atoms with E-state index in [4.69, 9.17) is 15.7 Å². The molecule has 1 unspecified atom stereocenters. The molecule has 112 valence electrons. The largest absolute Gasteiger partial charge is 0.409 e. The molecule has 0 aliphatic carbocycles. The van der Waals surface area contributed by atoms with Gasteiger partial charge in [-0.15, -0.1) is 0 Å². The zero-order valence-electron chi connectivity index (χ0n) is 12.2. The van der Waals surface area contributed by atoms with Crippen molar-refractivity contribution < 1.29 is 14.7 Å². The molecule has 0 spiro atoms. The molecule has 0 rings (SSSR count). The fourth-order valence-electron chi connectivity index (χ4n) is 1.68. The van der Waals surface area contributed by atoms with Crippen LogP contribution < -0.4 is 11.1 Å². The van der Waals surface area contributed by atoms with Gasteiger partial charge in [-0.2, -0.15) is 0 Å². The topological polar surface area (TPSA) is 100 Å². The van der Waals surface area contributed by atoms with Gasteiger partial charge in [-0.3, -0.25) is 4.79 Å². The first-order chi connectivity index (χ1) is 8.93. The van der Waals surface area contributed by atoms with Gasteiger partial charge < -0.3 is 25.9 Å². The van der Waals surface area contributed by atoms with E-state index in [1.165, 1.54) is 0 Å². The minimum absolute atomic E-state index is 0.0258. The fourth-order valence-corrected chi connectivity index (χ4v) is 1.68. The van der Waals surface area contributed by atoms with Crippen LogP contribution in [0.1, 0.15) is 13.8 Å². The predicted molar refractivity (Wildman–Crippen MR) is 74.1 cm³/mol. The zero-order chi connectivity index (χ0) is 14.8. The summed E-state index contributed by atoms with van der Waals surface area (Å²) in [5.74, 6) is -0.901. The molecule has 0 bridgehead atoms. The quantitative estimate of drug-likeness (QED) is 0.232. The van der Waals surface area contributed by atoms with Gasteiger partial charge in [0.05, 0.1) is 6.61 Å². The third kappa shape index (κ3) is 6.97. The molecule has 1 amide bonds. The van der Waals surface area contributed by atoms with Crippen molar-refractivity contribution in [2.45, 2.75) is 13.8 Å². The van der Waals surface area contributed by atoms with Crippen molar-refractivity contribution in [1.82, 2.24) is 10.2 Å². The van der Waals surface area contributed by atoms with Crippen molar-refractivity contribution in [3.05, 3.63) is 0 Å². The number of oxime groups is 1. The highest BCUT2D eigenvalue weighted by Crippen LogP contribution is 2.10. The second-order valence-corrected chi connectivity index (χ2v) is 4.83. The Bertz CT molecular complexity index is 295. The molecule has 0 saturated carbocycles. The van der Waals surface area contributed by atoms with Crippen molar-refractivity contribution in [1.29, 1.82) is 0 Å². The van der Waals surface area contributed by atoms with E-state index in [0.29, 0.717) is 13.2 Å². The Morgan fingerprint density at radius 3 is 2.58 bits per heavy atom. The van der Waals surface area contributed by atoms with Crippen molar-refractivity contribution in [3.63, 3.8) is 0 Å². The molecule has 4 N–H and O–H groups in total. The predicted octanol–water partition coefficient (Wildman–Crippen LogP) is -0.301. The number of amidine groups is 1. The maximum atomic E-state index is 12.0. The summed E-state index contributed by atoms with van der Waals surface area (Å²) in [4.78, 5) is 14.0. The van der Waals surface area contributed by atoms with Gasteiger partial charge in [-0.25, -0.2) is 0 Å². The van der Waals surface area contributed by atoms with Crippen LogP contribution in [-0.2, 0) is 9.53 Å². The van der Waals surface area contributed by atoms with Crippen LogP contribution in [-0.4, -0.2) is 62.2 Å². The lowest BCUT2D eigenvalue weighted by molar-refractivity contribution is -0.124. The maximum Gasteiger partial charge on any atom is 0.231 e. The summed E-state index contributed by atoms with van der Waals surface area (Å²) in [5.41, 5.74) is 5.53. The zero-order valence-corrected chi connectivity index (χ0v) is 12.2. The van der Waals surface area contributed by atoms with Crippen LogP contribution in [0.2, 0.25) is 0 Å². The number of ether oxygens (including phenoxy) is 1. The molecule has 0 heterocycles. The lowest BCUT2D eigenvalue weighted by Gasteiger charge is -2.20. The van der Waals surface area contributed by atoms with E-state index in [1.807, 2.05) is 20.9 Å². The molecule has 0 saturated heterocycles. The second-order valence-electron chi connectivity index (χ2n) is 4.83. The Balaban J connectivity index is 4.14. The number of hydrogen-bond acceptors (Lipinski definition) is 5. The number of likely N-dealkylation sites (N-methyl/N-ethyl adjacent to an activating group) is 1. The van der Waals surface area contributed by atoms with Gasteiger partial charge in [-0.05, 0) is 13.0 Å². The number of hydrogen-bond donors (Lipinski definition) is 3. The van der Waals surface area contributed by atoms with Gasteiger partial charge >= 0.3 is 0 Å². The van der Waals surface area contributed by atoms with E-state index in [1.54, 1.807) is 7.11 Å². The summed E-state index contributed by atoms with van der Waals surface area (Å²) >= 11 is 0. The molecule has 1 atom stereocenters. The van der Waals surface area contributed by atoms with E-state index in [0.717, 1.165) is 13.1 Å². The highest BCUT2D eigenvalue weighted by Gasteiger charge is 2.26. The molecule has 19 heavy (non-hydrogen) atoms. The number of nitrogens with two attached hydrogens (primary N) is 1. The van der Waals surface area contributed by atoms with Crippen molar-refractivity contribution in [2.75, 3.05) is 40.4 Å².